The Morgan fingerprint density at radius 2 is 1.71 bits per heavy atom. The van der Waals surface area contributed by atoms with Crippen LogP contribution in [-0.2, 0) is 0 Å². The Hall–Kier alpha value is -0.830. The molecule has 90 valence electrons. The van der Waals surface area contributed by atoms with E-state index in [0.29, 0.717) is 0 Å². The number of hydrogen-bond acceptors (Lipinski definition) is 2. The first kappa shape index (κ1) is 12.6. The quantitative estimate of drug-likeness (QED) is 0.857. The van der Waals surface area contributed by atoms with Crippen molar-refractivity contribution in [3.05, 3.63) is 55.7 Å². The van der Waals surface area contributed by atoms with Gasteiger partial charge in [0.1, 0.15) is 0 Å². The fraction of sp³-hybridized carbons (Fsp3) is 0.286. The molecule has 1 aromatic carbocycles. The molecule has 0 saturated heterocycles. The highest BCUT2D eigenvalue weighted by atomic mass is 35.5. The Kier molecular flexibility index (Phi) is 3.57. The van der Waals surface area contributed by atoms with Crippen LogP contribution in [0.3, 0.4) is 0 Å². The predicted octanol–water partition coefficient (Wildman–Crippen LogP) is 4.37. The maximum atomic E-state index is 6.34. The lowest BCUT2D eigenvalue weighted by Gasteiger charge is -2.16. The van der Waals surface area contributed by atoms with E-state index in [0.717, 1.165) is 21.7 Å². The van der Waals surface area contributed by atoms with Gasteiger partial charge in [0, 0.05) is 5.02 Å². The summed E-state index contributed by atoms with van der Waals surface area (Å²) in [6, 6.07) is 4.03. The first-order chi connectivity index (χ1) is 8.00. The van der Waals surface area contributed by atoms with E-state index >= 15 is 0 Å². The smallest absolute Gasteiger partial charge is 0.0565 e. The Morgan fingerprint density at radius 3 is 2.29 bits per heavy atom. The average Bonchev–Trinajstić information content (AvgIpc) is 2.69. The van der Waals surface area contributed by atoms with Crippen LogP contribution in [0.15, 0.2) is 22.9 Å². The first-order valence-electron chi connectivity index (χ1n) is 5.55. The van der Waals surface area contributed by atoms with E-state index in [1.165, 1.54) is 11.1 Å². The van der Waals surface area contributed by atoms with Crippen molar-refractivity contribution in [3.8, 4) is 0 Å². The van der Waals surface area contributed by atoms with Crippen LogP contribution in [0.4, 0.5) is 0 Å². The van der Waals surface area contributed by atoms with Crippen molar-refractivity contribution in [2.45, 2.75) is 26.8 Å². The Balaban J connectivity index is 2.48. The Bertz CT molecular complexity index is 545. The van der Waals surface area contributed by atoms with Crippen molar-refractivity contribution in [2.24, 2.45) is 5.73 Å². The predicted molar refractivity (Wildman–Crippen MR) is 76.0 cm³/mol. The van der Waals surface area contributed by atoms with E-state index < -0.39 is 0 Å². The lowest BCUT2D eigenvalue weighted by molar-refractivity contribution is 0.856. The summed E-state index contributed by atoms with van der Waals surface area (Å²) in [5, 5.41) is 5.07. The summed E-state index contributed by atoms with van der Waals surface area (Å²) < 4.78 is 0. The van der Waals surface area contributed by atoms with Gasteiger partial charge in [-0.2, -0.15) is 11.3 Å². The van der Waals surface area contributed by atoms with Crippen molar-refractivity contribution >= 4 is 22.9 Å². The molecule has 1 atom stereocenters. The fourth-order valence-corrected chi connectivity index (χ4v) is 3.10. The SMILES string of the molecule is Cc1cc(C(N)c2cscc2C)c(C)cc1Cl. The molecule has 17 heavy (non-hydrogen) atoms. The average molecular weight is 266 g/mol. The van der Waals surface area contributed by atoms with Crippen LogP contribution in [0.1, 0.15) is 33.9 Å². The van der Waals surface area contributed by atoms with E-state index in [1.54, 1.807) is 11.3 Å². The van der Waals surface area contributed by atoms with E-state index in [-0.39, 0.29) is 6.04 Å². The highest BCUT2D eigenvalue weighted by Gasteiger charge is 2.15. The topological polar surface area (TPSA) is 26.0 Å². The van der Waals surface area contributed by atoms with Gasteiger partial charge in [0.15, 0.2) is 0 Å². The molecule has 0 radical (unpaired) electrons. The molecule has 3 heteroatoms. The largest absolute Gasteiger partial charge is 0.320 e. The van der Waals surface area contributed by atoms with Crippen LogP contribution in [0, 0.1) is 20.8 Å². The first-order valence-corrected chi connectivity index (χ1v) is 6.87. The summed E-state index contributed by atoms with van der Waals surface area (Å²) in [5.74, 6) is 0. The summed E-state index contributed by atoms with van der Waals surface area (Å²) in [4.78, 5) is 0. The molecule has 0 aliphatic carbocycles. The normalized spacial score (nSPS) is 12.8. The molecule has 1 heterocycles. The molecule has 2 N–H and O–H groups in total. The van der Waals surface area contributed by atoms with Crippen LogP contribution in [-0.4, -0.2) is 0 Å². The second kappa shape index (κ2) is 4.81. The molecule has 0 bridgehead atoms. The van der Waals surface area contributed by atoms with Crippen LogP contribution in [0.25, 0.3) is 0 Å². The highest BCUT2D eigenvalue weighted by Crippen LogP contribution is 2.30. The van der Waals surface area contributed by atoms with E-state index in [1.807, 2.05) is 13.0 Å². The van der Waals surface area contributed by atoms with Gasteiger partial charge in [-0.05, 0) is 65.4 Å². The zero-order valence-electron chi connectivity index (χ0n) is 10.3. The molecule has 0 aliphatic rings. The summed E-state index contributed by atoms with van der Waals surface area (Å²) in [6.45, 7) is 6.17. The zero-order chi connectivity index (χ0) is 12.6. The number of rotatable bonds is 2. The second-order valence-electron chi connectivity index (χ2n) is 4.45. The van der Waals surface area contributed by atoms with Gasteiger partial charge >= 0.3 is 0 Å². The van der Waals surface area contributed by atoms with Crippen molar-refractivity contribution in [1.29, 1.82) is 0 Å². The third-order valence-corrected chi connectivity index (χ3v) is 4.40. The molecular weight excluding hydrogens is 250 g/mol. The molecule has 0 fully saturated rings. The van der Waals surface area contributed by atoms with Crippen molar-refractivity contribution < 1.29 is 0 Å². The monoisotopic (exact) mass is 265 g/mol. The molecule has 0 aliphatic heterocycles. The Labute approximate surface area is 111 Å². The highest BCUT2D eigenvalue weighted by molar-refractivity contribution is 7.08. The number of thiophene rings is 1. The molecule has 2 rings (SSSR count). The summed E-state index contributed by atoms with van der Waals surface area (Å²) >= 11 is 7.80. The van der Waals surface area contributed by atoms with Gasteiger partial charge < -0.3 is 5.73 Å². The minimum absolute atomic E-state index is 0.0581. The van der Waals surface area contributed by atoms with E-state index in [4.69, 9.17) is 17.3 Å². The van der Waals surface area contributed by atoms with Crippen LogP contribution >= 0.6 is 22.9 Å². The molecule has 1 unspecified atom stereocenters. The van der Waals surface area contributed by atoms with Gasteiger partial charge in [0.05, 0.1) is 6.04 Å². The number of benzene rings is 1. The number of nitrogens with two attached hydrogens (primary N) is 1. The third-order valence-electron chi connectivity index (χ3n) is 3.11. The number of aryl methyl sites for hydroxylation is 3. The molecule has 0 saturated carbocycles. The fourth-order valence-electron chi connectivity index (χ4n) is 1.99. The molecular formula is C14H16ClNS. The van der Waals surface area contributed by atoms with E-state index in [2.05, 4.69) is 30.7 Å². The second-order valence-corrected chi connectivity index (χ2v) is 5.60. The molecule has 1 nitrogen and oxygen atoms in total. The maximum absolute atomic E-state index is 6.34. The standard InChI is InChI=1S/C14H16ClNS/c1-8-5-13(15)9(2)4-11(8)14(16)12-7-17-6-10(12)3/h4-7,14H,16H2,1-3H3. The summed E-state index contributed by atoms with van der Waals surface area (Å²) in [7, 11) is 0. The van der Waals surface area contributed by atoms with Crippen LogP contribution in [0.5, 0.6) is 0 Å². The minimum Gasteiger partial charge on any atom is -0.320 e. The van der Waals surface area contributed by atoms with Gasteiger partial charge in [-0.1, -0.05) is 17.7 Å². The van der Waals surface area contributed by atoms with Gasteiger partial charge in [0.25, 0.3) is 0 Å². The lowest BCUT2D eigenvalue weighted by atomic mass is 9.94. The van der Waals surface area contributed by atoms with Gasteiger partial charge in [0.2, 0.25) is 0 Å². The molecule has 0 amide bonds. The summed E-state index contributed by atoms with van der Waals surface area (Å²) in [6.07, 6.45) is 0. The minimum atomic E-state index is -0.0581. The number of halogens is 1. The Morgan fingerprint density at radius 1 is 1.00 bits per heavy atom. The van der Waals surface area contributed by atoms with Crippen LogP contribution < -0.4 is 5.73 Å². The zero-order valence-corrected chi connectivity index (χ0v) is 11.8. The number of hydrogen-bond donors (Lipinski definition) is 1. The third kappa shape index (κ3) is 2.39. The van der Waals surface area contributed by atoms with E-state index in [9.17, 15) is 0 Å². The maximum Gasteiger partial charge on any atom is 0.0565 e. The molecule has 2 aromatic rings. The van der Waals surface area contributed by atoms with Crippen LogP contribution in [0.2, 0.25) is 5.02 Å². The molecule has 0 spiro atoms. The van der Waals surface area contributed by atoms with Crippen molar-refractivity contribution in [1.82, 2.24) is 0 Å². The van der Waals surface area contributed by atoms with Gasteiger partial charge in [-0.25, -0.2) is 0 Å². The summed E-state index contributed by atoms with van der Waals surface area (Å²) in [5.41, 5.74) is 12.2. The van der Waals surface area contributed by atoms with Gasteiger partial charge in [-0.15, -0.1) is 0 Å². The van der Waals surface area contributed by atoms with Crippen molar-refractivity contribution in [2.75, 3.05) is 0 Å². The lowest BCUT2D eigenvalue weighted by Crippen LogP contribution is -2.13. The van der Waals surface area contributed by atoms with Crippen molar-refractivity contribution in [3.63, 3.8) is 0 Å². The van der Waals surface area contributed by atoms with Gasteiger partial charge in [-0.3, -0.25) is 0 Å². The molecule has 1 aromatic heterocycles.